The van der Waals surface area contributed by atoms with Crippen LogP contribution in [0.2, 0.25) is 0 Å². The highest BCUT2D eigenvalue weighted by Crippen LogP contribution is 2.07. The smallest absolute Gasteiger partial charge is 0.328 e. The first-order chi connectivity index (χ1) is 8.24. The van der Waals surface area contributed by atoms with E-state index in [1.54, 1.807) is 18.6 Å². The van der Waals surface area contributed by atoms with Crippen LogP contribution in [-0.2, 0) is 11.3 Å². The van der Waals surface area contributed by atoms with E-state index in [4.69, 9.17) is 5.11 Å². The number of benzene rings is 1. The second-order valence-corrected chi connectivity index (χ2v) is 3.65. The third-order valence-electron chi connectivity index (χ3n) is 2.32. The molecule has 18 heavy (non-hydrogen) atoms. The highest BCUT2D eigenvalue weighted by atomic mass is 35.5. The van der Waals surface area contributed by atoms with E-state index in [-0.39, 0.29) is 12.4 Å². The predicted octanol–water partition coefficient (Wildman–Crippen LogP) is 2.45. The van der Waals surface area contributed by atoms with E-state index in [1.807, 2.05) is 35.0 Å². The number of hydrogen-bond acceptors (Lipinski definition) is 2. The van der Waals surface area contributed by atoms with Crippen molar-refractivity contribution in [3.63, 3.8) is 0 Å². The maximum absolute atomic E-state index is 10.4. The van der Waals surface area contributed by atoms with Gasteiger partial charge in [-0.15, -0.1) is 12.4 Å². The maximum atomic E-state index is 10.4. The number of rotatable bonds is 4. The van der Waals surface area contributed by atoms with Crippen LogP contribution in [0.4, 0.5) is 0 Å². The normalized spacial score (nSPS) is 10.2. The topological polar surface area (TPSA) is 55.1 Å². The van der Waals surface area contributed by atoms with Gasteiger partial charge in [-0.3, -0.25) is 0 Å². The Kier molecular flexibility index (Phi) is 5.14. The maximum Gasteiger partial charge on any atom is 0.328 e. The Morgan fingerprint density at radius 1 is 1.33 bits per heavy atom. The fourth-order valence-corrected chi connectivity index (χ4v) is 1.49. The van der Waals surface area contributed by atoms with Gasteiger partial charge in [0.2, 0.25) is 0 Å². The fourth-order valence-electron chi connectivity index (χ4n) is 1.49. The first kappa shape index (κ1) is 14.0. The lowest BCUT2D eigenvalue weighted by molar-refractivity contribution is -0.131. The molecule has 4 nitrogen and oxygen atoms in total. The summed E-state index contributed by atoms with van der Waals surface area (Å²) in [6.45, 7) is 0.767. The molecule has 0 aliphatic heterocycles. The van der Waals surface area contributed by atoms with Gasteiger partial charge in [-0.2, -0.15) is 0 Å². The van der Waals surface area contributed by atoms with Crippen molar-refractivity contribution in [1.82, 2.24) is 9.55 Å². The summed E-state index contributed by atoms with van der Waals surface area (Å²) in [5.74, 6) is -0.938. The number of aliphatic carboxylic acids is 1. The lowest BCUT2D eigenvalue weighted by atomic mass is 10.1. The quantitative estimate of drug-likeness (QED) is 0.863. The molecule has 94 valence electrons. The summed E-state index contributed by atoms with van der Waals surface area (Å²) in [4.78, 5) is 14.3. The van der Waals surface area contributed by atoms with Gasteiger partial charge in [0, 0.05) is 25.0 Å². The molecule has 0 saturated heterocycles. The number of aromatic nitrogens is 2. The average Bonchev–Trinajstić information content (AvgIpc) is 2.81. The minimum Gasteiger partial charge on any atom is -0.478 e. The molecule has 1 N–H and O–H groups in total. The highest BCUT2D eigenvalue weighted by molar-refractivity contribution is 5.85. The van der Waals surface area contributed by atoms with Crippen LogP contribution in [0, 0.1) is 0 Å². The van der Waals surface area contributed by atoms with Crippen molar-refractivity contribution in [3.8, 4) is 0 Å². The Bertz CT molecular complexity index is 518. The molecule has 1 aromatic heterocycles. The van der Waals surface area contributed by atoms with Crippen molar-refractivity contribution in [2.24, 2.45) is 0 Å². The summed E-state index contributed by atoms with van der Waals surface area (Å²) in [7, 11) is 0. The Hall–Kier alpha value is -2.07. The van der Waals surface area contributed by atoms with E-state index in [0.29, 0.717) is 0 Å². The molecule has 2 aromatic rings. The molecule has 0 aliphatic carbocycles. The van der Waals surface area contributed by atoms with Crippen molar-refractivity contribution in [2.45, 2.75) is 6.54 Å². The second kappa shape index (κ2) is 6.61. The Morgan fingerprint density at radius 2 is 2.06 bits per heavy atom. The van der Waals surface area contributed by atoms with Gasteiger partial charge < -0.3 is 9.67 Å². The monoisotopic (exact) mass is 264 g/mol. The van der Waals surface area contributed by atoms with Crippen LogP contribution >= 0.6 is 12.4 Å². The molecule has 0 spiro atoms. The third kappa shape index (κ3) is 4.07. The predicted molar refractivity (Wildman–Crippen MR) is 71.7 cm³/mol. The van der Waals surface area contributed by atoms with Gasteiger partial charge in [0.25, 0.3) is 0 Å². The van der Waals surface area contributed by atoms with Crippen LogP contribution < -0.4 is 0 Å². The van der Waals surface area contributed by atoms with Gasteiger partial charge in [-0.1, -0.05) is 24.3 Å². The molecule has 2 rings (SSSR count). The molecular weight excluding hydrogens is 252 g/mol. The Morgan fingerprint density at radius 3 is 2.61 bits per heavy atom. The summed E-state index contributed by atoms with van der Waals surface area (Å²) in [5.41, 5.74) is 2.03. The molecule has 1 heterocycles. The molecule has 0 saturated carbocycles. The molecule has 5 heteroatoms. The van der Waals surface area contributed by atoms with Crippen molar-refractivity contribution >= 4 is 24.5 Å². The molecule has 1 aromatic carbocycles. The van der Waals surface area contributed by atoms with Crippen LogP contribution in [0.25, 0.3) is 6.08 Å². The van der Waals surface area contributed by atoms with E-state index >= 15 is 0 Å². The fraction of sp³-hybridized carbons (Fsp3) is 0.0769. The highest BCUT2D eigenvalue weighted by Gasteiger charge is 1.95. The Balaban J connectivity index is 0.00000162. The molecule has 0 radical (unpaired) electrons. The number of carboxylic acids is 1. The molecule has 0 atom stereocenters. The van der Waals surface area contributed by atoms with E-state index < -0.39 is 5.97 Å². The standard InChI is InChI=1S/C13H12N2O2.ClH/c16-13(17)6-5-11-1-3-12(4-2-11)9-15-8-7-14-10-15;/h1-8,10H,9H2,(H,16,17);1H. The zero-order valence-corrected chi connectivity index (χ0v) is 10.4. The summed E-state index contributed by atoms with van der Waals surface area (Å²) >= 11 is 0. The van der Waals surface area contributed by atoms with E-state index in [1.165, 1.54) is 0 Å². The average molecular weight is 265 g/mol. The van der Waals surface area contributed by atoms with E-state index in [2.05, 4.69) is 4.98 Å². The molecular formula is C13H13ClN2O2. The SMILES string of the molecule is Cl.O=C(O)C=Cc1ccc(Cn2ccnc2)cc1. The first-order valence-corrected chi connectivity index (χ1v) is 5.20. The lowest BCUT2D eigenvalue weighted by Gasteiger charge is -2.02. The molecule has 0 bridgehead atoms. The number of hydrogen-bond donors (Lipinski definition) is 1. The van der Waals surface area contributed by atoms with E-state index in [9.17, 15) is 4.79 Å². The minimum absolute atomic E-state index is 0. The van der Waals surface area contributed by atoms with Crippen LogP contribution in [-0.4, -0.2) is 20.6 Å². The number of carboxylic acid groups (broad SMARTS) is 1. The van der Waals surface area contributed by atoms with Crippen LogP contribution in [0.15, 0.2) is 49.1 Å². The molecule has 0 amide bonds. The number of nitrogens with zero attached hydrogens (tertiary/aromatic N) is 2. The first-order valence-electron chi connectivity index (χ1n) is 5.20. The number of carbonyl (C=O) groups is 1. The van der Waals surface area contributed by atoms with Crippen molar-refractivity contribution in [2.75, 3.05) is 0 Å². The van der Waals surface area contributed by atoms with Crippen molar-refractivity contribution < 1.29 is 9.90 Å². The van der Waals surface area contributed by atoms with E-state index in [0.717, 1.165) is 23.7 Å². The van der Waals surface area contributed by atoms with Crippen molar-refractivity contribution in [1.29, 1.82) is 0 Å². The molecule has 0 fully saturated rings. The van der Waals surface area contributed by atoms with Crippen LogP contribution in [0.5, 0.6) is 0 Å². The van der Waals surface area contributed by atoms with Gasteiger partial charge >= 0.3 is 5.97 Å². The summed E-state index contributed by atoms with van der Waals surface area (Å²) in [5, 5.41) is 8.50. The largest absolute Gasteiger partial charge is 0.478 e. The summed E-state index contributed by atoms with van der Waals surface area (Å²) < 4.78 is 1.97. The van der Waals surface area contributed by atoms with Gasteiger partial charge in [-0.05, 0) is 17.2 Å². The third-order valence-corrected chi connectivity index (χ3v) is 2.32. The second-order valence-electron chi connectivity index (χ2n) is 3.65. The Labute approximate surface area is 111 Å². The molecule has 0 aliphatic rings. The minimum atomic E-state index is -0.938. The van der Waals surface area contributed by atoms with Crippen LogP contribution in [0.3, 0.4) is 0 Å². The van der Waals surface area contributed by atoms with Crippen molar-refractivity contribution in [3.05, 3.63) is 60.2 Å². The van der Waals surface area contributed by atoms with Crippen LogP contribution in [0.1, 0.15) is 11.1 Å². The number of halogens is 1. The van der Waals surface area contributed by atoms with Gasteiger partial charge in [0.05, 0.1) is 6.33 Å². The molecule has 0 unspecified atom stereocenters. The van der Waals surface area contributed by atoms with Gasteiger partial charge in [0.1, 0.15) is 0 Å². The summed E-state index contributed by atoms with van der Waals surface area (Å²) in [6.07, 6.45) is 8.11. The lowest BCUT2D eigenvalue weighted by Crippen LogP contribution is -1.95. The zero-order chi connectivity index (χ0) is 12.1. The number of imidazole rings is 1. The van der Waals surface area contributed by atoms with Gasteiger partial charge in [-0.25, -0.2) is 9.78 Å². The zero-order valence-electron chi connectivity index (χ0n) is 9.56. The summed E-state index contributed by atoms with van der Waals surface area (Å²) in [6, 6.07) is 7.74. The van der Waals surface area contributed by atoms with Gasteiger partial charge in [0.15, 0.2) is 0 Å².